The van der Waals surface area contributed by atoms with Gasteiger partial charge in [0.1, 0.15) is 6.10 Å². The molecule has 5 nitrogen and oxygen atoms in total. The number of thioether (sulfide) groups is 1. The van der Waals surface area contributed by atoms with E-state index in [-0.39, 0.29) is 63.2 Å². The van der Waals surface area contributed by atoms with Gasteiger partial charge in [0.25, 0.3) is 0 Å². The van der Waals surface area contributed by atoms with Gasteiger partial charge >= 0.3 is 57.4 Å². The summed E-state index contributed by atoms with van der Waals surface area (Å²) >= 11 is 1.25. The van der Waals surface area contributed by atoms with Gasteiger partial charge in [-0.25, -0.2) is 13.2 Å². The van der Waals surface area contributed by atoms with Crippen LogP contribution in [-0.4, -0.2) is 42.3 Å². The minimum Gasteiger partial charge on any atom is -0.748 e. The van der Waals surface area contributed by atoms with Crippen LogP contribution in [0.4, 0.5) is 0 Å². The van der Waals surface area contributed by atoms with Crippen LogP contribution < -0.4 is 51.4 Å². The van der Waals surface area contributed by atoms with Crippen LogP contribution in [0, 0.1) is 0 Å². The Balaban J connectivity index is 0. The van der Waals surface area contributed by atoms with E-state index in [4.69, 9.17) is 4.74 Å². The predicted molar refractivity (Wildman–Crippen MR) is 57.6 cm³/mol. The molecule has 8 heteroatoms. The van der Waals surface area contributed by atoms with E-state index in [1.165, 1.54) is 11.8 Å². The number of ether oxygens (including phenoxy) is 1. The average molecular weight is 292 g/mol. The molecule has 0 N–H and O–H groups in total. The summed E-state index contributed by atoms with van der Waals surface area (Å²) in [4.78, 5) is 10.7. The SMILES string of the molecule is C=CC(=O)OC(C)CSCCS(=O)(=O)[O-].[K+]. The van der Waals surface area contributed by atoms with Crippen LogP contribution in [0.25, 0.3) is 0 Å². The van der Waals surface area contributed by atoms with Gasteiger partial charge in [-0.1, -0.05) is 6.58 Å². The molecule has 1 atom stereocenters. The number of rotatable bonds is 7. The maximum Gasteiger partial charge on any atom is 1.00 e. The average Bonchev–Trinajstić information content (AvgIpc) is 2.11. The van der Waals surface area contributed by atoms with E-state index >= 15 is 0 Å². The maximum atomic E-state index is 10.7. The van der Waals surface area contributed by atoms with Crippen molar-refractivity contribution in [1.82, 2.24) is 0 Å². The third kappa shape index (κ3) is 13.2. The second kappa shape index (κ2) is 10.1. The van der Waals surface area contributed by atoms with Crippen molar-refractivity contribution in [2.75, 3.05) is 17.3 Å². The number of hydrogen-bond acceptors (Lipinski definition) is 6. The van der Waals surface area contributed by atoms with Gasteiger partial charge in [-0.3, -0.25) is 0 Å². The summed E-state index contributed by atoms with van der Waals surface area (Å²) in [6.07, 6.45) is 0.735. The molecule has 0 rings (SSSR count). The van der Waals surface area contributed by atoms with E-state index in [1.54, 1.807) is 6.92 Å². The van der Waals surface area contributed by atoms with Crippen LogP contribution in [0.3, 0.4) is 0 Å². The first-order chi connectivity index (χ1) is 6.85. The normalized spacial score (nSPS) is 12.4. The Labute approximate surface area is 143 Å². The van der Waals surface area contributed by atoms with Crippen LogP contribution in [0.2, 0.25) is 0 Å². The van der Waals surface area contributed by atoms with E-state index in [0.29, 0.717) is 5.75 Å². The molecule has 0 aromatic rings. The van der Waals surface area contributed by atoms with Crippen molar-refractivity contribution in [3.63, 3.8) is 0 Å². The molecule has 0 aliphatic carbocycles. The Hall–Kier alpha value is 1.11. The van der Waals surface area contributed by atoms with Crippen molar-refractivity contribution < 1.29 is 73.9 Å². The van der Waals surface area contributed by atoms with Crippen molar-refractivity contribution in [2.45, 2.75) is 13.0 Å². The minimum atomic E-state index is -4.14. The fourth-order valence-electron chi connectivity index (χ4n) is 0.691. The van der Waals surface area contributed by atoms with Gasteiger partial charge in [0.15, 0.2) is 0 Å². The third-order valence-corrected chi connectivity index (χ3v) is 3.47. The smallest absolute Gasteiger partial charge is 0.748 e. The molecule has 0 heterocycles. The summed E-state index contributed by atoms with van der Waals surface area (Å²) in [5.74, 6) is -0.254. The van der Waals surface area contributed by atoms with Gasteiger partial charge < -0.3 is 9.29 Å². The van der Waals surface area contributed by atoms with E-state index in [1.807, 2.05) is 0 Å². The fourth-order valence-corrected chi connectivity index (χ4v) is 2.55. The quantitative estimate of drug-likeness (QED) is 0.168. The molecule has 1 unspecified atom stereocenters. The Bertz CT molecular complexity index is 314. The topological polar surface area (TPSA) is 83.5 Å². The zero-order valence-electron chi connectivity index (χ0n) is 9.34. The first kappa shape index (κ1) is 19.4. The summed E-state index contributed by atoms with van der Waals surface area (Å²) in [5.41, 5.74) is 0. The summed E-state index contributed by atoms with van der Waals surface area (Å²) in [5, 5.41) is 0. The zero-order chi connectivity index (χ0) is 11.9. The molecule has 0 aliphatic rings. The summed E-state index contributed by atoms with van der Waals surface area (Å²) in [6, 6.07) is 0. The van der Waals surface area contributed by atoms with Gasteiger partial charge in [0, 0.05) is 23.3 Å². The molecule has 0 fully saturated rings. The molecule has 0 saturated carbocycles. The number of esters is 1. The van der Waals surface area contributed by atoms with Gasteiger partial charge in [-0.2, -0.15) is 11.8 Å². The fraction of sp³-hybridized carbons (Fsp3) is 0.625. The summed E-state index contributed by atoms with van der Waals surface area (Å²) in [7, 11) is -4.14. The summed E-state index contributed by atoms with van der Waals surface area (Å²) in [6.45, 7) is 4.92. The molecule has 0 aromatic carbocycles. The molecule has 0 aliphatic heterocycles. The Morgan fingerprint density at radius 1 is 1.62 bits per heavy atom. The molecule has 0 amide bonds. The number of carbonyl (C=O) groups excluding carboxylic acids is 1. The molecule has 16 heavy (non-hydrogen) atoms. The Morgan fingerprint density at radius 2 is 2.19 bits per heavy atom. The summed E-state index contributed by atoms with van der Waals surface area (Å²) < 4.78 is 35.5. The van der Waals surface area contributed by atoms with Gasteiger partial charge in [-0.05, 0) is 6.92 Å². The van der Waals surface area contributed by atoms with Crippen molar-refractivity contribution in [1.29, 1.82) is 0 Å². The van der Waals surface area contributed by atoms with E-state index in [2.05, 4.69) is 6.58 Å². The molecule has 0 radical (unpaired) electrons. The standard InChI is InChI=1S/C8H14O5S2.K/c1-3-8(9)13-7(2)6-14-4-5-15(10,11)12;/h3,7H,1,4-6H2,2H3,(H,10,11,12);/q;+1/p-1. The van der Waals surface area contributed by atoms with Crippen LogP contribution in [0.5, 0.6) is 0 Å². The molecular weight excluding hydrogens is 279 g/mol. The van der Waals surface area contributed by atoms with Crippen molar-refractivity contribution in [3.8, 4) is 0 Å². The van der Waals surface area contributed by atoms with E-state index in [0.717, 1.165) is 6.08 Å². The third-order valence-electron chi connectivity index (χ3n) is 1.31. The Morgan fingerprint density at radius 3 is 2.62 bits per heavy atom. The molecule has 0 saturated heterocycles. The molecule has 0 spiro atoms. The van der Waals surface area contributed by atoms with Gasteiger partial charge in [-0.15, -0.1) is 0 Å². The monoisotopic (exact) mass is 292 g/mol. The first-order valence-electron chi connectivity index (χ1n) is 4.19. The largest absolute Gasteiger partial charge is 1.00 e. The van der Waals surface area contributed by atoms with Gasteiger partial charge in [0.05, 0.1) is 10.1 Å². The van der Waals surface area contributed by atoms with E-state index in [9.17, 15) is 17.8 Å². The molecular formula is C8H13KO5S2. The van der Waals surface area contributed by atoms with Crippen LogP contribution in [0.1, 0.15) is 6.92 Å². The number of hydrogen-bond donors (Lipinski definition) is 0. The first-order valence-corrected chi connectivity index (χ1v) is 6.92. The van der Waals surface area contributed by atoms with E-state index < -0.39 is 21.8 Å². The van der Waals surface area contributed by atoms with Crippen molar-refractivity contribution >= 4 is 27.8 Å². The Kier molecular flexibility index (Phi) is 12.2. The van der Waals surface area contributed by atoms with Crippen LogP contribution in [-0.2, 0) is 19.6 Å². The molecule has 0 bridgehead atoms. The second-order valence-corrected chi connectivity index (χ2v) is 5.46. The zero-order valence-corrected chi connectivity index (χ0v) is 14.1. The van der Waals surface area contributed by atoms with Crippen molar-refractivity contribution in [2.24, 2.45) is 0 Å². The minimum absolute atomic E-state index is 0. The van der Waals surface area contributed by atoms with Crippen molar-refractivity contribution in [3.05, 3.63) is 12.7 Å². The van der Waals surface area contributed by atoms with Crippen LogP contribution in [0.15, 0.2) is 12.7 Å². The number of carbonyl (C=O) groups is 1. The molecule has 0 aromatic heterocycles. The predicted octanol–water partition coefficient (Wildman–Crippen LogP) is -2.61. The molecule has 88 valence electrons. The maximum absolute atomic E-state index is 10.7. The second-order valence-electron chi connectivity index (χ2n) is 2.79. The van der Waals surface area contributed by atoms with Crippen LogP contribution >= 0.6 is 11.8 Å². The van der Waals surface area contributed by atoms with Gasteiger partial charge in [0.2, 0.25) is 0 Å².